The lowest BCUT2D eigenvalue weighted by molar-refractivity contribution is 0.0945. The van der Waals surface area contributed by atoms with E-state index in [0.717, 1.165) is 34.9 Å². The van der Waals surface area contributed by atoms with Crippen molar-refractivity contribution >= 4 is 28.5 Å². The van der Waals surface area contributed by atoms with E-state index < -0.39 is 0 Å². The molecule has 2 N–H and O–H groups in total. The van der Waals surface area contributed by atoms with Crippen LogP contribution in [0.2, 0.25) is 0 Å². The number of hydrogen-bond donors (Lipinski definition) is 2. The maximum Gasteiger partial charge on any atom is 0.261 e. The van der Waals surface area contributed by atoms with Crippen LogP contribution >= 0.6 is 22.6 Å². The van der Waals surface area contributed by atoms with E-state index in [1.165, 1.54) is 0 Å². The molecule has 5 heteroatoms. The summed E-state index contributed by atoms with van der Waals surface area (Å²) in [6.45, 7) is 6.90. The van der Waals surface area contributed by atoms with Crippen molar-refractivity contribution in [3.63, 3.8) is 0 Å². The molecule has 112 valence electrons. The molecule has 1 aromatic heterocycles. The van der Waals surface area contributed by atoms with Gasteiger partial charge in [0.25, 0.3) is 11.5 Å². The Labute approximate surface area is 133 Å². The largest absolute Gasteiger partial charge is 0.352 e. The Kier molecular flexibility index (Phi) is 7.26. The van der Waals surface area contributed by atoms with Crippen LogP contribution in [0.25, 0.3) is 0 Å². The van der Waals surface area contributed by atoms with Crippen LogP contribution in [-0.2, 0) is 6.42 Å². The minimum Gasteiger partial charge on any atom is -0.352 e. The van der Waals surface area contributed by atoms with Gasteiger partial charge in [-0.2, -0.15) is 0 Å². The highest BCUT2D eigenvalue weighted by molar-refractivity contribution is 14.1. The van der Waals surface area contributed by atoms with Crippen LogP contribution in [0.1, 0.15) is 56.1 Å². The number of carbonyl (C=O) groups excluding carboxylic acids is 1. The smallest absolute Gasteiger partial charge is 0.261 e. The molecule has 0 fully saturated rings. The van der Waals surface area contributed by atoms with Crippen molar-refractivity contribution in [1.29, 1.82) is 0 Å². The summed E-state index contributed by atoms with van der Waals surface area (Å²) < 4.78 is 0.941. The first kappa shape index (κ1) is 17.2. The van der Waals surface area contributed by atoms with E-state index >= 15 is 0 Å². The van der Waals surface area contributed by atoms with Crippen LogP contribution in [0.4, 0.5) is 0 Å². The summed E-state index contributed by atoms with van der Waals surface area (Å²) in [4.78, 5) is 26.9. The standard InChI is InChI=1S/C15H23IN2O2/c1-4-7-13-12(16)8-11(15(20)18-13)14(19)17-9-10(5-2)6-3/h8,10H,4-7,9H2,1-3H3,(H,17,19)(H,18,20). The van der Waals surface area contributed by atoms with E-state index in [-0.39, 0.29) is 17.0 Å². The molecule has 0 spiro atoms. The minimum atomic E-state index is -0.295. The molecule has 0 saturated heterocycles. The summed E-state index contributed by atoms with van der Waals surface area (Å²) in [6, 6.07) is 1.69. The Morgan fingerprint density at radius 3 is 2.55 bits per heavy atom. The number of H-pyrrole nitrogens is 1. The first-order chi connectivity index (χ1) is 9.53. The van der Waals surface area contributed by atoms with E-state index in [1.807, 2.05) is 0 Å². The number of amides is 1. The van der Waals surface area contributed by atoms with Crippen molar-refractivity contribution in [2.24, 2.45) is 5.92 Å². The Balaban J connectivity index is 2.83. The Morgan fingerprint density at radius 2 is 2.00 bits per heavy atom. The van der Waals surface area contributed by atoms with Gasteiger partial charge >= 0.3 is 0 Å². The molecule has 4 nitrogen and oxygen atoms in total. The maximum absolute atomic E-state index is 12.1. The molecule has 0 atom stereocenters. The van der Waals surface area contributed by atoms with Crippen molar-refractivity contribution < 1.29 is 4.79 Å². The zero-order chi connectivity index (χ0) is 15.1. The molecule has 0 saturated carbocycles. The van der Waals surface area contributed by atoms with Gasteiger partial charge in [-0.1, -0.05) is 40.0 Å². The van der Waals surface area contributed by atoms with Gasteiger partial charge in [0, 0.05) is 15.8 Å². The molecule has 0 unspecified atom stereocenters. The summed E-state index contributed by atoms with van der Waals surface area (Å²) in [5, 5.41) is 2.86. The molecule has 1 rings (SSSR count). The van der Waals surface area contributed by atoms with Crippen LogP contribution < -0.4 is 10.9 Å². The second-order valence-electron chi connectivity index (χ2n) is 4.98. The summed E-state index contributed by atoms with van der Waals surface area (Å²) >= 11 is 2.17. The summed E-state index contributed by atoms with van der Waals surface area (Å²) in [5.41, 5.74) is 0.825. The number of hydrogen-bond acceptors (Lipinski definition) is 2. The monoisotopic (exact) mass is 390 g/mol. The molecule has 1 heterocycles. The van der Waals surface area contributed by atoms with Crippen LogP contribution in [-0.4, -0.2) is 17.4 Å². The van der Waals surface area contributed by atoms with Gasteiger partial charge < -0.3 is 10.3 Å². The third-order valence-electron chi connectivity index (χ3n) is 3.52. The van der Waals surface area contributed by atoms with Gasteiger partial charge in [-0.3, -0.25) is 9.59 Å². The van der Waals surface area contributed by atoms with Crippen molar-refractivity contribution in [1.82, 2.24) is 10.3 Å². The number of aromatic amines is 1. The number of carbonyl (C=O) groups is 1. The average Bonchev–Trinajstić information content (AvgIpc) is 2.43. The maximum atomic E-state index is 12.1. The Hall–Kier alpha value is -0.850. The SMILES string of the molecule is CCCc1[nH]c(=O)c(C(=O)NCC(CC)CC)cc1I. The molecule has 1 aromatic rings. The van der Waals surface area contributed by atoms with Gasteiger partial charge in [0.1, 0.15) is 5.56 Å². The number of halogens is 1. The van der Waals surface area contributed by atoms with Crippen LogP contribution in [0, 0.1) is 9.49 Å². The van der Waals surface area contributed by atoms with E-state index in [1.54, 1.807) is 6.07 Å². The Bertz CT molecular complexity index is 507. The quantitative estimate of drug-likeness (QED) is 0.703. The number of rotatable bonds is 7. The van der Waals surface area contributed by atoms with Crippen LogP contribution in [0.15, 0.2) is 10.9 Å². The van der Waals surface area contributed by atoms with E-state index in [0.29, 0.717) is 12.5 Å². The fraction of sp³-hybridized carbons (Fsp3) is 0.600. The van der Waals surface area contributed by atoms with Gasteiger partial charge in [-0.15, -0.1) is 0 Å². The van der Waals surface area contributed by atoms with Crippen molar-refractivity contribution in [3.8, 4) is 0 Å². The van der Waals surface area contributed by atoms with Gasteiger partial charge in [0.05, 0.1) is 0 Å². The molecular weight excluding hydrogens is 367 g/mol. The van der Waals surface area contributed by atoms with Crippen molar-refractivity contribution in [3.05, 3.63) is 31.2 Å². The highest BCUT2D eigenvalue weighted by atomic mass is 127. The van der Waals surface area contributed by atoms with E-state index in [9.17, 15) is 9.59 Å². The molecule has 0 bridgehead atoms. The Morgan fingerprint density at radius 1 is 1.35 bits per heavy atom. The third kappa shape index (κ3) is 4.61. The van der Waals surface area contributed by atoms with Gasteiger partial charge in [-0.05, 0) is 41.0 Å². The van der Waals surface area contributed by atoms with E-state index in [2.05, 4.69) is 53.7 Å². The zero-order valence-electron chi connectivity index (χ0n) is 12.4. The normalized spacial score (nSPS) is 10.8. The van der Waals surface area contributed by atoms with Crippen molar-refractivity contribution in [2.45, 2.75) is 46.5 Å². The molecule has 1 amide bonds. The first-order valence-corrected chi connectivity index (χ1v) is 8.31. The summed E-state index contributed by atoms with van der Waals surface area (Å²) in [6.07, 6.45) is 3.84. The molecule has 0 aliphatic carbocycles. The lowest BCUT2D eigenvalue weighted by Gasteiger charge is -2.13. The number of aryl methyl sites for hydroxylation is 1. The highest BCUT2D eigenvalue weighted by Gasteiger charge is 2.14. The third-order valence-corrected chi connectivity index (χ3v) is 4.48. The molecular formula is C15H23IN2O2. The first-order valence-electron chi connectivity index (χ1n) is 7.23. The molecule has 0 aromatic carbocycles. The fourth-order valence-corrected chi connectivity index (χ4v) is 2.77. The summed E-state index contributed by atoms with van der Waals surface area (Å²) in [5.74, 6) is 0.190. The highest BCUT2D eigenvalue weighted by Crippen LogP contribution is 2.11. The predicted octanol–water partition coefficient (Wildman–Crippen LogP) is 3.10. The van der Waals surface area contributed by atoms with Gasteiger partial charge in [0.2, 0.25) is 0 Å². The number of nitrogens with one attached hydrogen (secondary N) is 2. The van der Waals surface area contributed by atoms with Crippen molar-refractivity contribution in [2.75, 3.05) is 6.54 Å². The molecule has 0 aliphatic heterocycles. The van der Waals surface area contributed by atoms with Gasteiger partial charge in [-0.25, -0.2) is 0 Å². The van der Waals surface area contributed by atoms with Crippen LogP contribution in [0.5, 0.6) is 0 Å². The summed E-state index contributed by atoms with van der Waals surface area (Å²) in [7, 11) is 0. The number of pyridine rings is 1. The van der Waals surface area contributed by atoms with Crippen LogP contribution in [0.3, 0.4) is 0 Å². The lowest BCUT2D eigenvalue weighted by Crippen LogP contribution is -2.33. The molecule has 0 radical (unpaired) electrons. The zero-order valence-corrected chi connectivity index (χ0v) is 14.5. The van der Waals surface area contributed by atoms with Gasteiger partial charge in [0.15, 0.2) is 0 Å². The average molecular weight is 390 g/mol. The fourth-order valence-electron chi connectivity index (χ4n) is 2.05. The molecule has 20 heavy (non-hydrogen) atoms. The minimum absolute atomic E-state index is 0.209. The predicted molar refractivity (Wildman–Crippen MR) is 90.2 cm³/mol. The lowest BCUT2D eigenvalue weighted by atomic mass is 10.0. The second-order valence-corrected chi connectivity index (χ2v) is 6.14. The van der Waals surface area contributed by atoms with E-state index in [4.69, 9.17) is 0 Å². The number of aromatic nitrogens is 1. The molecule has 0 aliphatic rings. The second kappa shape index (κ2) is 8.44. The topological polar surface area (TPSA) is 62.0 Å².